The van der Waals surface area contributed by atoms with E-state index in [0.29, 0.717) is 17.4 Å². The van der Waals surface area contributed by atoms with Gasteiger partial charge in [0.2, 0.25) is 0 Å². The predicted octanol–water partition coefficient (Wildman–Crippen LogP) is 24.5. The van der Waals surface area contributed by atoms with Crippen molar-refractivity contribution in [3.05, 3.63) is 170 Å². The van der Waals surface area contributed by atoms with Gasteiger partial charge in [0.25, 0.3) is 0 Å². The molecule has 0 rings (SSSR count). The van der Waals surface area contributed by atoms with Crippen LogP contribution >= 0.6 is 7.82 Å². The van der Waals surface area contributed by atoms with Gasteiger partial charge in [0.15, 0.2) is 6.10 Å². The zero-order chi connectivity index (χ0) is 66.9. The molecule has 0 aromatic heterocycles. The maximum atomic E-state index is 12.9. The molecule has 0 heterocycles. The average molecular weight is 1300 g/mol. The number of unbranched alkanes of at least 4 members (excludes halogenated alkanes) is 24. The van der Waals surface area contributed by atoms with E-state index in [1.54, 1.807) is 0 Å². The number of ether oxygens (including phenoxy) is 2. The number of hydrogen-bond donors (Lipinski definition) is 1. The Labute approximate surface area is 566 Å². The minimum Gasteiger partial charge on any atom is -0.462 e. The van der Waals surface area contributed by atoms with E-state index in [2.05, 4.69) is 184 Å². The summed E-state index contributed by atoms with van der Waals surface area (Å²) in [5, 5.41) is 0. The highest BCUT2D eigenvalue weighted by Gasteiger charge is 2.27. The van der Waals surface area contributed by atoms with Gasteiger partial charge >= 0.3 is 19.8 Å². The second-order valence-electron chi connectivity index (χ2n) is 25.2. The van der Waals surface area contributed by atoms with Crippen molar-refractivity contribution in [1.29, 1.82) is 0 Å². The first-order valence-electron chi connectivity index (χ1n) is 36.9. The SMILES string of the molecule is CC/C=C\C/C=C\C/C=C\C/C=C\C/C=C\C/C=C\C/C=C\C/C=C\C/C=C\CCCCCCCC(=O)OC(COC(=O)CCCCCCCCCCCCCCCCCCCCC/C=C\C/C=C\C/C=C\C/C=C\C/C=C\CC)COP(=O)(O)OCC[N+](C)(C)C. The molecule has 0 aromatic carbocycles. The standard InChI is InChI=1S/C82H136NO8P/c1-6-8-10-12-14-16-18-20-22-24-26-28-30-32-34-36-38-40-41-43-44-46-48-50-52-54-56-58-60-62-64-66-68-70-72-74-81(84)88-78-80(79-90-92(86,87)89-77-76-83(3,4)5)91-82(85)75-73-71-69-67-65-63-61-59-57-55-53-51-49-47-45-42-39-37-35-33-31-29-27-25-23-21-19-17-15-13-11-9-7-2/h8-11,14-17,20-23,26-29,32-35,39,42,47,49,53,55,59,61,80H,6-7,12-13,18-19,24-25,30-31,36-38,40-41,43-46,48,50-52,54,56-58,60,62-79H2,1-5H3/p+1/b10-8-,11-9-,16-14-,17-15-,22-20-,23-21-,28-26-,29-27-,34-32-,35-33-,42-39-,49-47-,55-53-,61-59-. The Balaban J connectivity index is 4.10. The van der Waals surface area contributed by atoms with Crippen LogP contribution in [0, 0.1) is 0 Å². The Morgan fingerprint density at radius 2 is 0.587 bits per heavy atom. The van der Waals surface area contributed by atoms with E-state index in [1.165, 1.54) is 109 Å². The normalized spacial score (nSPS) is 14.1. The van der Waals surface area contributed by atoms with Crippen molar-refractivity contribution in [2.75, 3.05) is 47.5 Å². The Bertz CT molecular complexity index is 2160. The van der Waals surface area contributed by atoms with Gasteiger partial charge in [0, 0.05) is 12.8 Å². The summed E-state index contributed by atoms with van der Waals surface area (Å²) in [5.41, 5.74) is 0. The van der Waals surface area contributed by atoms with Crippen LogP contribution in [0.2, 0.25) is 0 Å². The lowest BCUT2D eigenvalue weighted by molar-refractivity contribution is -0.870. The molecule has 0 radical (unpaired) electrons. The van der Waals surface area contributed by atoms with Crippen LogP contribution in [-0.4, -0.2) is 74.9 Å². The van der Waals surface area contributed by atoms with Crippen molar-refractivity contribution in [3.8, 4) is 0 Å². The number of esters is 2. The van der Waals surface area contributed by atoms with Gasteiger partial charge in [-0.2, -0.15) is 0 Å². The molecule has 0 spiro atoms. The Morgan fingerprint density at radius 1 is 0.337 bits per heavy atom. The van der Waals surface area contributed by atoms with E-state index < -0.39 is 26.5 Å². The summed E-state index contributed by atoms with van der Waals surface area (Å²) in [6.45, 7) is 4.18. The van der Waals surface area contributed by atoms with E-state index in [-0.39, 0.29) is 32.0 Å². The lowest BCUT2D eigenvalue weighted by atomic mass is 10.0. The largest absolute Gasteiger partial charge is 0.472 e. The summed E-state index contributed by atoms with van der Waals surface area (Å²) in [6.07, 6.45) is 108. The molecule has 1 N–H and O–H groups in total. The number of likely N-dealkylation sites (N-methyl/N-ethyl adjacent to an activating group) is 1. The predicted molar refractivity (Wildman–Crippen MR) is 399 cm³/mol. The van der Waals surface area contributed by atoms with Gasteiger partial charge in [0.05, 0.1) is 27.7 Å². The summed E-state index contributed by atoms with van der Waals surface area (Å²) in [7, 11) is 1.45. The zero-order valence-electron chi connectivity index (χ0n) is 59.5. The van der Waals surface area contributed by atoms with E-state index in [4.69, 9.17) is 18.5 Å². The van der Waals surface area contributed by atoms with E-state index >= 15 is 0 Å². The maximum absolute atomic E-state index is 12.9. The fourth-order valence-electron chi connectivity index (χ4n) is 9.68. The van der Waals surface area contributed by atoms with E-state index in [1.807, 2.05) is 21.1 Å². The number of nitrogens with zero attached hydrogens (tertiary/aromatic N) is 1. The van der Waals surface area contributed by atoms with Gasteiger partial charge < -0.3 is 18.9 Å². The van der Waals surface area contributed by atoms with Gasteiger partial charge in [-0.3, -0.25) is 18.6 Å². The molecule has 0 aromatic rings. The van der Waals surface area contributed by atoms with Crippen LogP contribution in [-0.2, 0) is 32.7 Å². The van der Waals surface area contributed by atoms with Crippen molar-refractivity contribution in [2.24, 2.45) is 0 Å². The van der Waals surface area contributed by atoms with E-state index in [9.17, 15) is 19.0 Å². The molecular formula is C82H137NO8P+. The second-order valence-corrected chi connectivity index (χ2v) is 26.7. The lowest BCUT2D eigenvalue weighted by Crippen LogP contribution is -2.37. The molecule has 2 atom stereocenters. The van der Waals surface area contributed by atoms with Crippen LogP contribution in [0.25, 0.3) is 0 Å². The average Bonchev–Trinajstić information content (AvgIpc) is 2.23. The first-order chi connectivity index (χ1) is 45.0. The van der Waals surface area contributed by atoms with Crippen molar-refractivity contribution in [2.45, 2.75) is 290 Å². The highest BCUT2D eigenvalue weighted by Crippen LogP contribution is 2.43. The van der Waals surface area contributed by atoms with Crippen LogP contribution in [0.3, 0.4) is 0 Å². The second kappa shape index (κ2) is 70.7. The first-order valence-corrected chi connectivity index (χ1v) is 38.4. The van der Waals surface area contributed by atoms with Gasteiger partial charge in [-0.15, -0.1) is 0 Å². The van der Waals surface area contributed by atoms with Gasteiger partial charge in [-0.25, -0.2) is 4.57 Å². The molecule has 0 bridgehead atoms. The van der Waals surface area contributed by atoms with Crippen LogP contribution in [0.4, 0.5) is 0 Å². The monoisotopic (exact) mass is 1300 g/mol. The molecular weight excluding hydrogens is 1160 g/mol. The van der Waals surface area contributed by atoms with Crippen molar-refractivity contribution >= 4 is 19.8 Å². The molecule has 10 heteroatoms. The summed E-state index contributed by atoms with van der Waals surface area (Å²) in [6, 6.07) is 0. The molecule has 2 unspecified atom stereocenters. The Kier molecular flexibility index (Phi) is 67.1. The highest BCUT2D eigenvalue weighted by atomic mass is 31.2. The summed E-state index contributed by atoms with van der Waals surface area (Å²) < 4.78 is 34.7. The molecule has 522 valence electrons. The van der Waals surface area contributed by atoms with Gasteiger partial charge in [-0.1, -0.05) is 312 Å². The molecule has 0 fully saturated rings. The Morgan fingerprint density at radius 3 is 0.870 bits per heavy atom. The summed E-state index contributed by atoms with van der Waals surface area (Å²) >= 11 is 0. The molecule has 92 heavy (non-hydrogen) atoms. The molecule has 0 amide bonds. The third kappa shape index (κ3) is 74.4. The summed E-state index contributed by atoms with van der Waals surface area (Å²) in [4.78, 5) is 35.9. The van der Waals surface area contributed by atoms with Crippen LogP contribution in [0.1, 0.15) is 284 Å². The van der Waals surface area contributed by atoms with E-state index in [0.717, 1.165) is 141 Å². The lowest BCUT2D eigenvalue weighted by Gasteiger charge is -2.24. The molecule has 9 nitrogen and oxygen atoms in total. The number of quaternary nitrogens is 1. The number of carbonyl (C=O) groups is 2. The quantitative estimate of drug-likeness (QED) is 0.0211. The fraction of sp³-hybridized carbons (Fsp3) is 0.634. The molecule has 0 aliphatic carbocycles. The zero-order valence-corrected chi connectivity index (χ0v) is 60.4. The maximum Gasteiger partial charge on any atom is 0.472 e. The highest BCUT2D eigenvalue weighted by molar-refractivity contribution is 7.47. The van der Waals surface area contributed by atoms with Crippen molar-refractivity contribution in [1.82, 2.24) is 0 Å². The first kappa shape index (κ1) is 87.4. The smallest absolute Gasteiger partial charge is 0.462 e. The molecule has 0 aliphatic heterocycles. The summed E-state index contributed by atoms with van der Waals surface area (Å²) in [5.74, 6) is -0.823. The molecule has 0 saturated heterocycles. The number of rotatable bonds is 66. The topological polar surface area (TPSA) is 108 Å². The molecule has 0 aliphatic rings. The number of carbonyl (C=O) groups excluding carboxylic acids is 2. The molecule has 0 saturated carbocycles. The minimum absolute atomic E-state index is 0.0200. The van der Waals surface area contributed by atoms with Gasteiger partial charge in [0.1, 0.15) is 19.8 Å². The minimum atomic E-state index is -4.41. The van der Waals surface area contributed by atoms with Crippen LogP contribution in [0.15, 0.2) is 170 Å². The fourth-order valence-corrected chi connectivity index (χ4v) is 10.4. The number of phosphoric acid groups is 1. The third-order valence-electron chi connectivity index (χ3n) is 15.2. The Hall–Kier alpha value is -4.63. The number of hydrogen-bond acceptors (Lipinski definition) is 7. The van der Waals surface area contributed by atoms with Crippen LogP contribution < -0.4 is 0 Å². The number of allylic oxidation sites excluding steroid dienone is 28. The van der Waals surface area contributed by atoms with Crippen LogP contribution in [0.5, 0.6) is 0 Å². The third-order valence-corrected chi connectivity index (χ3v) is 16.2. The van der Waals surface area contributed by atoms with Crippen molar-refractivity contribution in [3.63, 3.8) is 0 Å². The van der Waals surface area contributed by atoms with Gasteiger partial charge in [-0.05, 0) is 128 Å². The number of phosphoric ester groups is 1. The van der Waals surface area contributed by atoms with Crippen molar-refractivity contribution < 1.29 is 42.1 Å².